The van der Waals surface area contributed by atoms with Crippen LogP contribution in [0.15, 0.2) is 17.2 Å². The first kappa shape index (κ1) is 14.8. The summed E-state index contributed by atoms with van der Waals surface area (Å²) in [6.07, 6.45) is 0. The number of thioether (sulfide) groups is 1. The topological polar surface area (TPSA) is 63.0 Å². The van der Waals surface area contributed by atoms with Crippen LogP contribution in [-0.2, 0) is 9.53 Å². The van der Waals surface area contributed by atoms with Crippen LogP contribution in [-0.4, -0.2) is 22.3 Å². The SMILES string of the molecule is CC(C)(C)OC(=O)CSc1cc(C#N)cc(Cl)n1. The summed E-state index contributed by atoms with van der Waals surface area (Å²) in [6.45, 7) is 5.42. The monoisotopic (exact) mass is 284 g/mol. The number of ether oxygens (including phenoxy) is 1. The number of esters is 1. The Bertz CT molecular complexity index is 492. The third kappa shape index (κ3) is 5.39. The maximum Gasteiger partial charge on any atom is 0.316 e. The summed E-state index contributed by atoms with van der Waals surface area (Å²) >= 11 is 6.95. The second-order valence-corrected chi connectivity index (χ2v) is 5.89. The number of rotatable bonds is 3. The van der Waals surface area contributed by atoms with Gasteiger partial charge in [-0.3, -0.25) is 4.79 Å². The van der Waals surface area contributed by atoms with Crippen LogP contribution in [0, 0.1) is 11.3 Å². The number of hydrogen-bond donors (Lipinski definition) is 0. The van der Waals surface area contributed by atoms with Crippen LogP contribution in [0.25, 0.3) is 0 Å². The Kier molecular flexibility index (Phi) is 5.00. The first-order chi connectivity index (χ1) is 8.30. The van der Waals surface area contributed by atoms with Crippen LogP contribution in [0.1, 0.15) is 26.3 Å². The third-order valence-corrected chi connectivity index (χ3v) is 2.74. The van der Waals surface area contributed by atoms with Crippen LogP contribution in [0.3, 0.4) is 0 Å². The Balaban J connectivity index is 2.62. The molecule has 0 saturated carbocycles. The largest absolute Gasteiger partial charge is 0.459 e. The molecule has 1 aromatic rings. The number of nitriles is 1. The molecular formula is C12H13ClN2O2S. The molecule has 0 fully saturated rings. The van der Waals surface area contributed by atoms with Crippen molar-refractivity contribution in [3.05, 3.63) is 22.8 Å². The van der Waals surface area contributed by atoms with Crippen molar-refractivity contribution in [3.63, 3.8) is 0 Å². The zero-order valence-corrected chi connectivity index (χ0v) is 11.9. The fourth-order valence-electron chi connectivity index (χ4n) is 1.12. The summed E-state index contributed by atoms with van der Waals surface area (Å²) in [5.41, 5.74) is -0.0845. The molecule has 0 N–H and O–H groups in total. The van der Waals surface area contributed by atoms with Gasteiger partial charge < -0.3 is 4.74 Å². The van der Waals surface area contributed by atoms with Crippen molar-refractivity contribution in [1.29, 1.82) is 5.26 Å². The van der Waals surface area contributed by atoms with E-state index in [1.54, 1.807) is 26.8 Å². The molecule has 0 atom stereocenters. The molecule has 0 amide bonds. The van der Waals surface area contributed by atoms with Crippen LogP contribution >= 0.6 is 23.4 Å². The predicted molar refractivity (Wildman–Crippen MR) is 70.5 cm³/mol. The van der Waals surface area contributed by atoms with E-state index in [0.717, 1.165) is 0 Å². The molecule has 1 aromatic heterocycles. The molecule has 18 heavy (non-hydrogen) atoms. The van der Waals surface area contributed by atoms with Crippen molar-refractivity contribution in [2.75, 3.05) is 5.75 Å². The van der Waals surface area contributed by atoms with E-state index in [0.29, 0.717) is 10.6 Å². The Morgan fingerprint density at radius 3 is 2.78 bits per heavy atom. The molecule has 0 saturated heterocycles. The van der Waals surface area contributed by atoms with E-state index in [9.17, 15) is 4.79 Å². The normalized spacial score (nSPS) is 10.8. The van der Waals surface area contributed by atoms with Gasteiger partial charge in [0.2, 0.25) is 0 Å². The predicted octanol–water partition coefficient (Wildman–Crippen LogP) is 3.04. The van der Waals surface area contributed by atoms with Crippen LogP contribution in [0.4, 0.5) is 0 Å². The maximum absolute atomic E-state index is 11.5. The van der Waals surface area contributed by atoms with Crippen molar-refractivity contribution >= 4 is 29.3 Å². The minimum atomic E-state index is -0.503. The van der Waals surface area contributed by atoms with Gasteiger partial charge in [0.25, 0.3) is 0 Å². The number of aromatic nitrogens is 1. The average molecular weight is 285 g/mol. The third-order valence-electron chi connectivity index (χ3n) is 1.66. The van der Waals surface area contributed by atoms with Gasteiger partial charge in [0.05, 0.1) is 22.4 Å². The van der Waals surface area contributed by atoms with Crippen LogP contribution in [0.2, 0.25) is 5.15 Å². The van der Waals surface area contributed by atoms with Gasteiger partial charge in [-0.05, 0) is 32.9 Å². The van der Waals surface area contributed by atoms with E-state index in [1.807, 2.05) is 6.07 Å². The molecule has 0 aliphatic rings. The molecule has 0 aliphatic heterocycles. The van der Waals surface area contributed by atoms with Gasteiger partial charge in [-0.15, -0.1) is 0 Å². The molecular weight excluding hydrogens is 272 g/mol. The Morgan fingerprint density at radius 2 is 2.22 bits per heavy atom. The van der Waals surface area contributed by atoms with Crippen LogP contribution < -0.4 is 0 Å². The van der Waals surface area contributed by atoms with Crippen molar-refractivity contribution in [3.8, 4) is 6.07 Å². The smallest absolute Gasteiger partial charge is 0.316 e. The van der Waals surface area contributed by atoms with Crippen molar-refractivity contribution in [2.24, 2.45) is 0 Å². The summed E-state index contributed by atoms with van der Waals surface area (Å²) in [5.74, 6) is -0.192. The number of carbonyl (C=O) groups excluding carboxylic acids is 1. The zero-order chi connectivity index (χ0) is 13.8. The zero-order valence-electron chi connectivity index (χ0n) is 10.4. The quantitative estimate of drug-likeness (QED) is 0.485. The summed E-state index contributed by atoms with van der Waals surface area (Å²) in [6, 6.07) is 5.04. The number of carbonyl (C=O) groups is 1. The highest BCUT2D eigenvalue weighted by molar-refractivity contribution is 7.99. The highest BCUT2D eigenvalue weighted by atomic mass is 35.5. The second kappa shape index (κ2) is 6.07. The van der Waals surface area contributed by atoms with Gasteiger partial charge in [0.1, 0.15) is 10.8 Å². The Labute approximate surface area is 115 Å². The van der Waals surface area contributed by atoms with Gasteiger partial charge in [-0.1, -0.05) is 23.4 Å². The molecule has 0 unspecified atom stereocenters. The second-order valence-electron chi connectivity index (χ2n) is 4.50. The van der Waals surface area contributed by atoms with E-state index < -0.39 is 5.60 Å². The lowest BCUT2D eigenvalue weighted by molar-refractivity contribution is -0.151. The first-order valence-corrected chi connectivity index (χ1v) is 6.59. The number of hydrogen-bond acceptors (Lipinski definition) is 5. The summed E-state index contributed by atoms with van der Waals surface area (Å²) in [4.78, 5) is 15.5. The van der Waals surface area contributed by atoms with E-state index in [2.05, 4.69) is 4.98 Å². The maximum atomic E-state index is 11.5. The molecule has 0 radical (unpaired) electrons. The highest BCUT2D eigenvalue weighted by Gasteiger charge is 2.16. The minimum Gasteiger partial charge on any atom is -0.459 e. The van der Waals surface area contributed by atoms with Gasteiger partial charge in [0, 0.05) is 0 Å². The van der Waals surface area contributed by atoms with Crippen molar-refractivity contribution < 1.29 is 9.53 Å². The van der Waals surface area contributed by atoms with E-state index in [4.69, 9.17) is 21.6 Å². The lowest BCUT2D eigenvalue weighted by Crippen LogP contribution is -2.24. The molecule has 1 rings (SSSR count). The summed E-state index contributed by atoms with van der Waals surface area (Å²) in [5, 5.41) is 9.55. The molecule has 6 heteroatoms. The molecule has 4 nitrogen and oxygen atoms in total. The van der Waals surface area contributed by atoms with Crippen molar-refractivity contribution in [1.82, 2.24) is 4.98 Å². The number of pyridine rings is 1. The van der Waals surface area contributed by atoms with E-state index in [1.165, 1.54) is 17.8 Å². The minimum absolute atomic E-state index is 0.134. The standard InChI is InChI=1S/C12H13ClN2O2S/c1-12(2,3)17-11(16)7-18-10-5-8(6-14)4-9(13)15-10/h4-5H,7H2,1-3H3. The Hall–Kier alpha value is -1.25. The van der Waals surface area contributed by atoms with Crippen molar-refractivity contribution in [2.45, 2.75) is 31.4 Å². The number of nitrogens with zero attached hydrogens (tertiary/aromatic N) is 2. The summed E-state index contributed by atoms with van der Waals surface area (Å²) in [7, 11) is 0. The van der Waals surface area contributed by atoms with E-state index in [-0.39, 0.29) is 16.9 Å². The lowest BCUT2D eigenvalue weighted by atomic mass is 10.2. The molecule has 0 bridgehead atoms. The van der Waals surface area contributed by atoms with Gasteiger partial charge in [-0.2, -0.15) is 5.26 Å². The number of halogens is 1. The fraction of sp³-hybridized carbons (Fsp3) is 0.417. The Morgan fingerprint density at radius 1 is 1.56 bits per heavy atom. The molecule has 0 aromatic carbocycles. The fourth-order valence-corrected chi connectivity index (χ4v) is 2.07. The summed E-state index contributed by atoms with van der Waals surface area (Å²) < 4.78 is 5.16. The van der Waals surface area contributed by atoms with Crippen LogP contribution in [0.5, 0.6) is 0 Å². The van der Waals surface area contributed by atoms with Gasteiger partial charge in [0.15, 0.2) is 0 Å². The average Bonchev–Trinajstić information content (AvgIpc) is 2.23. The molecule has 1 heterocycles. The van der Waals surface area contributed by atoms with E-state index >= 15 is 0 Å². The first-order valence-electron chi connectivity index (χ1n) is 5.22. The molecule has 0 spiro atoms. The highest BCUT2D eigenvalue weighted by Crippen LogP contribution is 2.21. The lowest BCUT2D eigenvalue weighted by Gasteiger charge is -2.19. The van der Waals surface area contributed by atoms with Gasteiger partial charge >= 0.3 is 5.97 Å². The molecule has 96 valence electrons. The molecule has 0 aliphatic carbocycles. The van der Waals surface area contributed by atoms with Gasteiger partial charge in [-0.25, -0.2) is 4.98 Å².